The van der Waals surface area contributed by atoms with Gasteiger partial charge in [0.15, 0.2) is 0 Å². The fraction of sp³-hybridized carbons (Fsp3) is 0.600. The molecule has 1 atom stereocenters. The molecule has 3 heterocycles. The van der Waals surface area contributed by atoms with E-state index in [0.717, 1.165) is 43.8 Å². The molecule has 184 valence electrons. The average molecular weight is 470 g/mol. The second kappa shape index (κ2) is 10.5. The van der Waals surface area contributed by atoms with Crippen LogP contribution in [0.2, 0.25) is 0 Å². The van der Waals surface area contributed by atoms with Crippen LogP contribution in [0, 0.1) is 5.92 Å². The largest absolute Gasteiger partial charge is 0.344 e. The number of nitrogens with one attached hydrogen (secondary N) is 2. The number of hydrazine groups is 1. The summed E-state index contributed by atoms with van der Waals surface area (Å²) in [5.41, 5.74) is 1.99. The van der Waals surface area contributed by atoms with Gasteiger partial charge in [-0.2, -0.15) is 5.01 Å². The lowest BCUT2D eigenvalue weighted by Gasteiger charge is -2.33. The van der Waals surface area contributed by atoms with Crippen molar-refractivity contribution in [1.29, 1.82) is 0 Å². The van der Waals surface area contributed by atoms with E-state index in [2.05, 4.69) is 10.7 Å². The van der Waals surface area contributed by atoms with Crippen molar-refractivity contribution in [2.24, 2.45) is 5.92 Å². The molecule has 3 fully saturated rings. The van der Waals surface area contributed by atoms with E-state index < -0.39 is 23.4 Å². The standard InChI is InChI=1S/C25H35N5O4/c1-2-25(20-10-6-5-7-11-20)23(33)30(24(34)26-25)27-21(31)18-28-16-12-19(13-17-28)22(32)29-14-8-3-4-9-15-29/h5-7,10-11,19H,2-4,8-9,12-18H2,1H3,(H,26,34)(H,27,31). The maximum absolute atomic E-state index is 13.2. The zero-order valence-corrected chi connectivity index (χ0v) is 19.9. The zero-order valence-electron chi connectivity index (χ0n) is 19.9. The highest BCUT2D eigenvalue weighted by molar-refractivity contribution is 6.08. The molecule has 0 aromatic heterocycles. The lowest BCUT2D eigenvalue weighted by atomic mass is 9.87. The van der Waals surface area contributed by atoms with Crippen LogP contribution in [0.5, 0.6) is 0 Å². The lowest BCUT2D eigenvalue weighted by Crippen LogP contribution is -2.52. The number of nitrogens with zero attached hydrogens (tertiary/aromatic N) is 3. The number of carbonyl (C=O) groups excluding carboxylic acids is 4. The van der Waals surface area contributed by atoms with E-state index in [-0.39, 0.29) is 18.4 Å². The van der Waals surface area contributed by atoms with E-state index >= 15 is 0 Å². The van der Waals surface area contributed by atoms with E-state index in [1.165, 1.54) is 12.8 Å². The van der Waals surface area contributed by atoms with Crippen molar-refractivity contribution in [2.45, 2.75) is 57.4 Å². The summed E-state index contributed by atoms with van der Waals surface area (Å²) < 4.78 is 0. The first-order valence-electron chi connectivity index (χ1n) is 12.5. The van der Waals surface area contributed by atoms with Gasteiger partial charge in [0.05, 0.1) is 6.54 Å². The van der Waals surface area contributed by atoms with Gasteiger partial charge in [0.2, 0.25) is 5.91 Å². The van der Waals surface area contributed by atoms with Crippen molar-refractivity contribution in [3.05, 3.63) is 35.9 Å². The maximum atomic E-state index is 13.2. The third-order valence-electron chi connectivity index (χ3n) is 7.35. The molecule has 0 spiro atoms. The van der Waals surface area contributed by atoms with Crippen LogP contribution in [0.25, 0.3) is 0 Å². The number of carbonyl (C=O) groups is 4. The van der Waals surface area contributed by atoms with Crippen LogP contribution in [0.15, 0.2) is 30.3 Å². The third-order valence-corrected chi connectivity index (χ3v) is 7.35. The summed E-state index contributed by atoms with van der Waals surface area (Å²) >= 11 is 0. The number of urea groups is 1. The molecule has 0 bridgehead atoms. The number of likely N-dealkylation sites (tertiary alicyclic amines) is 2. The van der Waals surface area contributed by atoms with E-state index in [4.69, 9.17) is 0 Å². The molecule has 0 aliphatic carbocycles. The van der Waals surface area contributed by atoms with Gasteiger partial charge in [0, 0.05) is 19.0 Å². The number of amides is 5. The fourth-order valence-electron chi connectivity index (χ4n) is 5.29. The molecule has 3 saturated heterocycles. The van der Waals surface area contributed by atoms with Gasteiger partial charge < -0.3 is 10.2 Å². The molecule has 3 aliphatic rings. The molecule has 4 rings (SSSR count). The summed E-state index contributed by atoms with van der Waals surface area (Å²) in [5.74, 6) is -0.636. The van der Waals surface area contributed by atoms with Crippen LogP contribution in [0.3, 0.4) is 0 Å². The van der Waals surface area contributed by atoms with Gasteiger partial charge in [0.25, 0.3) is 11.8 Å². The molecular formula is C25H35N5O4. The summed E-state index contributed by atoms with van der Waals surface area (Å²) in [6, 6.07) is 8.43. The predicted octanol–water partition coefficient (Wildman–Crippen LogP) is 1.99. The van der Waals surface area contributed by atoms with E-state index in [0.29, 0.717) is 25.1 Å². The summed E-state index contributed by atoms with van der Waals surface area (Å²) in [6.45, 7) is 4.90. The smallest absolute Gasteiger partial charge is 0.342 e. The van der Waals surface area contributed by atoms with Crippen molar-refractivity contribution in [3.63, 3.8) is 0 Å². The highest BCUT2D eigenvalue weighted by Crippen LogP contribution is 2.31. The summed E-state index contributed by atoms with van der Waals surface area (Å²) in [4.78, 5) is 55.3. The SMILES string of the molecule is CCC1(c2ccccc2)NC(=O)N(NC(=O)CN2CCC(C(=O)N3CCCCCC3)CC2)C1=O. The van der Waals surface area contributed by atoms with Gasteiger partial charge in [-0.25, -0.2) is 4.79 Å². The van der Waals surface area contributed by atoms with Crippen LogP contribution < -0.4 is 10.7 Å². The molecule has 3 aliphatic heterocycles. The topological polar surface area (TPSA) is 102 Å². The highest BCUT2D eigenvalue weighted by Gasteiger charge is 2.52. The first kappa shape index (κ1) is 24.2. The van der Waals surface area contributed by atoms with Crippen molar-refractivity contribution in [3.8, 4) is 0 Å². The second-order valence-corrected chi connectivity index (χ2v) is 9.52. The molecule has 5 amide bonds. The normalized spacial score (nSPS) is 24.6. The van der Waals surface area contributed by atoms with Gasteiger partial charge in [-0.05, 0) is 50.8 Å². The molecule has 1 unspecified atom stereocenters. The number of benzene rings is 1. The minimum Gasteiger partial charge on any atom is -0.342 e. The van der Waals surface area contributed by atoms with Crippen LogP contribution in [0.4, 0.5) is 4.79 Å². The maximum Gasteiger partial charge on any atom is 0.344 e. The molecule has 1 aromatic carbocycles. The van der Waals surface area contributed by atoms with E-state index in [9.17, 15) is 19.2 Å². The second-order valence-electron chi connectivity index (χ2n) is 9.52. The van der Waals surface area contributed by atoms with Crippen LogP contribution >= 0.6 is 0 Å². The molecule has 2 N–H and O–H groups in total. The van der Waals surface area contributed by atoms with Crippen molar-refractivity contribution in [2.75, 3.05) is 32.7 Å². The Hall–Kier alpha value is -2.94. The van der Waals surface area contributed by atoms with E-state index in [1.54, 1.807) is 12.1 Å². The first-order valence-corrected chi connectivity index (χ1v) is 12.5. The molecule has 9 nitrogen and oxygen atoms in total. The van der Waals surface area contributed by atoms with Gasteiger partial charge in [-0.1, -0.05) is 50.1 Å². The van der Waals surface area contributed by atoms with Crippen LogP contribution in [-0.2, 0) is 19.9 Å². The molecular weight excluding hydrogens is 434 g/mol. The minimum atomic E-state index is -1.18. The number of hydrogen-bond donors (Lipinski definition) is 2. The zero-order chi connectivity index (χ0) is 24.1. The quantitative estimate of drug-likeness (QED) is 0.621. The van der Waals surface area contributed by atoms with Crippen LogP contribution in [-0.4, -0.2) is 71.3 Å². The molecule has 9 heteroatoms. The van der Waals surface area contributed by atoms with Gasteiger partial charge in [0.1, 0.15) is 5.54 Å². The molecule has 0 saturated carbocycles. The first-order chi connectivity index (χ1) is 16.4. The van der Waals surface area contributed by atoms with Crippen molar-refractivity contribution < 1.29 is 19.2 Å². The number of hydrogen-bond acceptors (Lipinski definition) is 5. The monoisotopic (exact) mass is 469 g/mol. The van der Waals surface area contributed by atoms with Crippen LogP contribution in [0.1, 0.15) is 57.4 Å². The molecule has 0 radical (unpaired) electrons. The average Bonchev–Trinajstić information content (AvgIpc) is 3.03. The Morgan fingerprint density at radius 2 is 1.65 bits per heavy atom. The Bertz CT molecular complexity index is 907. The minimum absolute atomic E-state index is 0.0133. The Kier molecular flexibility index (Phi) is 7.50. The van der Waals surface area contributed by atoms with E-state index in [1.807, 2.05) is 34.9 Å². The van der Waals surface area contributed by atoms with Gasteiger partial charge >= 0.3 is 6.03 Å². The van der Waals surface area contributed by atoms with Gasteiger partial charge in [-0.15, -0.1) is 0 Å². The summed E-state index contributed by atoms with van der Waals surface area (Å²) in [7, 11) is 0. The number of imide groups is 1. The molecule has 1 aromatic rings. The fourth-order valence-corrected chi connectivity index (χ4v) is 5.29. The van der Waals surface area contributed by atoms with Crippen molar-refractivity contribution in [1.82, 2.24) is 25.6 Å². The Balaban J connectivity index is 1.29. The molecule has 34 heavy (non-hydrogen) atoms. The predicted molar refractivity (Wildman–Crippen MR) is 126 cm³/mol. The Morgan fingerprint density at radius 3 is 2.26 bits per heavy atom. The highest BCUT2D eigenvalue weighted by atomic mass is 16.2. The van der Waals surface area contributed by atoms with Crippen molar-refractivity contribution >= 4 is 23.8 Å². The Morgan fingerprint density at radius 1 is 1.00 bits per heavy atom. The number of rotatable bonds is 6. The summed E-state index contributed by atoms with van der Waals surface area (Å²) in [5, 5.41) is 3.56. The Labute approximate surface area is 200 Å². The number of piperidine rings is 1. The van der Waals surface area contributed by atoms with Gasteiger partial charge in [-0.3, -0.25) is 24.7 Å². The lowest BCUT2D eigenvalue weighted by molar-refractivity contribution is -0.140. The third kappa shape index (κ3) is 4.94. The summed E-state index contributed by atoms with van der Waals surface area (Å²) in [6.07, 6.45) is 6.36.